The van der Waals surface area contributed by atoms with Crippen LogP contribution in [0.1, 0.15) is 31.2 Å². The van der Waals surface area contributed by atoms with E-state index in [0.29, 0.717) is 0 Å². The van der Waals surface area contributed by atoms with Gasteiger partial charge in [-0.3, -0.25) is 4.90 Å². The van der Waals surface area contributed by atoms with Crippen molar-refractivity contribution in [2.75, 3.05) is 0 Å². The van der Waals surface area contributed by atoms with Gasteiger partial charge in [0.15, 0.2) is 0 Å². The smallest absolute Gasteiger partial charge is 0.0406 e. The zero-order valence-electron chi connectivity index (χ0n) is 9.78. The van der Waals surface area contributed by atoms with Crippen LogP contribution in [-0.4, -0.2) is 21.8 Å². The van der Waals surface area contributed by atoms with Crippen LogP contribution in [0.3, 0.4) is 0 Å². The molecule has 3 heteroatoms. The lowest BCUT2D eigenvalue weighted by atomic mass is 10.0. The maximum Gasteiger partial charge on any atom is 0.0406 e. The monoisotopic (exact) mass is 313 g/mol. The highest BCUT2D eigenvalue weighted by molar-refractivity contribution is 9.09. The van der Waals surface area contributed by atoms with Gasteiger partial charge in [0, 0.05) is 28.5 Å². The Morgan fingerprint density at radius 2 is 1.71 bits per heavy atom. The summed E-state index contributed by atoms with van der Waals surface area (Å²) in [4.78, 5) is 3.43. The van der Waals surface area contributed by atoms with Gasteiger partial charge in [0.05, 0.1) is 0 Å². The van der Waals surface area contributed by atoms with Gasteiger partial charge in [-0.25, -0.2) is 0 Å². The van der Waals surface area contributed by atoms with E-state index in [1.165, 1.54) is 31.2 Å². The van der Waals surface area contributed by atoms with Crippen LogP contribution in [0, 0.1) is 0 Å². The normalized spacial score (nSPS) is 32.9. The Labute approximate surface area is 116 Å². The number of alkyl halides is 1. The number of piperidine rings is 1. The van der Waals surface area contributed by atoms with Crippen LogP contribution < -0.4 is 0 Å². The molecule has 2 unspecified atom stereocenters. The van der Waals surface area contributed by atoms with Crippen molar-refractivity contribution in [2.45, 2.75) is 49.1 Å². The summed E-state index contributed by atoms with van der Waals surface area (Å²) in [6.07, 6.45) is 5.37. The van der Waals surface area contributed by atoms with Gasteiger partial charge in [-0.15, -0.1) is 0 Å². The van der Waals surface area contributed by atoms with E-state index in [-0.39, 0.29) is 0 Å². The highest BCUT2D eigenvalue weighted by Gasteiger charge is 2.39. The molecule has 92 valence electrons. The second kappa shape index (κ2) is 4.91. The standard InChI is InChI=1S/C14H17BrClN/c15-11-7-13-5-6-14(8-11)17(13)9-10-1-3-12(16)4-2-10/h1-4,11,13-14H,5-9H2. The first kappa shape index (κ1) is 12.0. The van der Waals surface area contributed by atoms with Crippen molar-refractivity contribution in [3.05, 3.63) is 34.9 Å². The predicted molar refractivity (Wildman–Crippen MR) is 75.8 cm³/mol. The Hall–Kier alpha value is -0.0500. The van der Waals surface area contributed by atoms with Crippen LogP contribution in [-0.2, 0) is 6.54 Å². The van der Waals surface area contributed by atoms with Crippen molar-refractivity contribution in [1.29, 1.82) is 0 Å². The lowest BCUT2D eigenvalue weighted by Gasteiger charge is -2.37. The highest BCUT2D eigenvalue weighted by Crippen LogP contribution is 2.39. The van der Waals surface area contributed by atoms with E-state index >= 15 is 0 Å². The third-order valence-corrected chi connectivity index (χ3v) is 5.10. The van der Waals surface area contributed by atoms with Crippen molar-refractivity contribution < 1.29 is 0 Å². The fourth-order valence-corrected chi connectivity index (χ4v) is 4.26. The summed E-state index contributed by atoms with van der Waals surface area (Å²) < 4.78 is 0. The number of halogens is 2. The number of fused-ring (bicyclic) bond motifs is 2. The van der Waals surface area contributed by atoms with Crippen LogP contribution in [0.25, 0.3) is 0 Å². The molecule has 0 saturated carbocycles. The van der Waals surface area contributed by atoms with Crippen molar-refractivity contribution >= 4 is 27.5 Å². The zero-order valence-corrected chi connectivity index (χ0v) is 12.1. The Balaban J connectivity index is 1.72. The minimum atomic E-state index is 0.737. The number of hydrogen-bond donors (Lipinski definition) is 0. The van der Waals surface area contributed by atoms with E-state index in [9.17, 15) is 0 Å². The van der Waals surface area contributed by atoms with Gasteiger partial charge in [0.1, 0.15) is 0 Å². The summed E-state index contributed by atoms with van der Waals surface area (Å²) in [7, 11) is 0. The summed E-state index contributed by atoms with van der Waals surface area (Å²) in [5, 5.41) is 0.830. The van der Waals surface area contributed by atoms with Crippen LogP contribution in [0.2, 0.25) is 5.02 Å². The van der Waals surface area contributed by atoms with Gasteiger partial charge in [-0.05, 0) is 43.4 Å². The Bertz CT molecular complexity index is 378. The summed E-state index contributed by atoms with van der Waals surface area (Å²) in [6, 6.07) is 9.87. The van der Waals surface area contributed by atoms with Crippen LogP contribution in [0.4, 0.5) is 0 Å². The van der Waals surface area contributed by atoms with Gasteiger partial charge in [-0.2, -0.15) is 0 Å². The third kappa shape index (κ3) is 2.54. The van der Waals surface area contributed by atoms with Crippen molar-refractivity contribution in [1.82, 2.24) is 4.90 Å². The van der Waals surface area contributed by atoms with Crippen molar-refractivity contribution in [3.8, 4) is 0 Å². The molecule has 0 N–H and O–H groups in total. The van der Waals surface area contributed by atoms with Gasteiger partial charge in [0.25, 0.3) is 0 Å². The summed E-state index contributed by atoms with van der Waals surface area (Å²) in [5.74, 6) is 0. The van der Waals surface area contributed by atoms with E-state index in [1.54, 1.807) is 0 Å². The molecule has 3 rings (SSSR count). The molecule has 17 heavy (non-hydrogen) atoms. The third-order valence-electron chi connectivity index (χ3n) is 4.11. The van der Waals surface area contributed by atoms with Crippen LogP contribution in [0.15, 0.2) is 24.3 Å². The Morgan fingerprint density at radius 3 is 2.29 bits per heavy atom. The van der Waals surface area contributed by atoms with Crippen LogP contribution in [0.5, 0.6) is 0 Å². The van der Waals surface area contributed by atoms with Crippen molar-refractivity contribution in [3.63, 3.8) is 0 Å². The van der Waals surface area contributed by atoms with E-state index in [1.807, 2.05) is 12.1 Å². The first-order valence-corrected chi connectivity index (χ1v) is 7.66. The van der Waals surface area contributed by atoms with E-state index in [2.05, 4.69) is 33.0 Å². The van der Waals surface area contributed by atoms with E-state index < -0.39 is 0 Å². The molecule has 2 aliphatic heterocycles. The molecule has 2 fully saturated rings. The molecule has 2 heterocycles. The average molecular weight is 315 g/mol. The lowest BCUT2D eigenvalue weighted by Crippen LogP contribution is -2.42. The molecule has 0 amide bonds. The molecule has 2 saturated heterocycles. The molecule has 0 spiro atoms. The molecule has 2 bridgehead atoms. The number of rotatable bonds is 2. The molecule has 1 aromatic rings. The first-order chi connectivity index (χ1) is 8.22. The summed E-state index contributed by atoms with van der Waals surface area (Å²) in [6.45, 7) is 1.09. The summed E-state index contributed by atoms with van der Waals surface area (Å²) in [5.41, 5.74) is 1.39. The quantitative estimate of drug-likeness (QED) is 0.738. The Kier molecular flexibility index (Phi) is 3.47. The van der Waals surface area contributed by atoms with Crippen LogP contribution >= 0.6 is 27.5 Å². The molecule has 0 aliphatic carbocycles. The molecule has 0 aromatic heterocycles. The van der Waals surface area contributed by atoms with E-state index in [4.69, 9.17) is 11.6 Å². The molecule has 2 aliphatic rings. The van der Waals surface area contributed by atoms with Crippen molar-refractivity contribution in [2.24, 2.45) is 0 Å². The fraction of sp³-hybridized carbons (Fsp3) is 0.571. The van der Waals surface area contributed by atoms with Gasteiger partial charge >= 0.3 is 0 Å². The second-order valence-corrected chi connectivity index (χ2v) is 6.98. The number of benzene rings is 1. The van der Waals surface area contributed by atoms with Gasteiger partial charge in [0.2, 0.25) is 0 Å². The lowest BCUT2D eigenvalue weighted by molar-refractivity contribution is 0.137. The molecule has 1 nitrogen and oxygen atoms in total. The molecular weight excluding hydrogens is 298 g/mol. The first-order valence-electron chi connectivity index (χ1n) is 6.36. The van der Waals surface area contributed by atoms with Gasteiger partial charge in [-0.1, -0.05) is 39.7 Å². The average Bonchev–Trinajstić information content (AvgIpc) is 2.56. The minimum absolute atomic E-state index is 0.737. The zero-order chi connectivity index (χ0) is 11.8. The maximum absolute atomic E-state index is 5.92. The predicted octanol–water partition coefficient (Wildman–Crippen LogP) is 4.23. The second-order valence-electron chi connectivity index (χ2n) is 5.25. The molecule has 0 radical (unpaired) electrons. The number of nitrogens with zero attached hydrogens (tertiary/aromatic N) is 1. The van der Waals surface area contributed by atoms with Gasteiger partial charge < -0.3 is 0 Å². The molecule has 2 atom stereocenters. The molecule has 1 aromatic carbocycles. The largest absolute Gasteiger partial charge is 0.293 e. The van der Waals surface area contributed by atoms with E-state index in [0.717, 1.165) is 28.5 Å². The Morgan fingerprint density at radius 1 is 1.12 bits per heavy atom. The minimum Gasteiger partial charge on any atom is -0.293 e. The SMILES string of the molecule is Clc1ccc(CN2C3CCC2CC(Br)C3)cc1. The summed E-state index contributed by atoms with van der Waals surface area (Å²) >= 11 is 9.71. The molecular formula is C14H17BrClN. The topological polar surface area (TPSA) is 3.24 Å². The fourth-order valence-electron chi connectivity index (χ4n) is 3.27. The maximum atomic E-state index is 5.92. The highest BCUT2D eigenvalue weighted by atomic mass is 79.9. The number of hydrogen-bond acceptors (Lipinski definition) is 1.